The van der Waals surface area contributed by atoms with E-state index in [2.05, 4.69) is 15.1 Å². The average molecular weight is 439 g/mol. The molecule has 2 heterocycles. The molecule has 1 amide bonds. The van der Waals surface area contributed by atoms with Gasteiger partial charge in [-0.25, -0.2) is 10.4 Å². The molecule has 0 unspecified atom stereocenters. The highest BCUT2D eigenvalue weighted by Crippen LogP contribution is 2.25. The number of imidazole rings is 1. The second-order valence-electron chi connectivity index (χ2n) is 6.63. The van der Waals surface area contributed by atoms with Gasteiger partial charge in [-0.05, 0) is 48.9 Å². The molecule has 0 bridgehead atoms. The Hall–Kier alpha value is -3.03. The van der Waals surface area contributed by atoms with E-state index in [0.29, 0.717) is 17.3 Å². The molecule has 2 aromatic carbocycles. The van der Waals surface area contributed by atoms with Crippen LogP contribution >= 0.6 is 23.4 Å². The van der Waals surface area contributed by atoms with Crippen molar-refractivity contribution in [2.75, 3.05) is 5.75 Å². The van der Waals surface area contributed by atoms with Gasteiger partial charge in [-0.15, -0.1) is 0 Å². The number of furan rings is 1. The number of hydrazone groups is 1. The fourth-order valence-electron chi connectivity index (χ4n) is 2.94. The maximum absolute atomic E-state index is 12.2. The second kappa shape index (κ2) is 9.19. The van der Waals surface area contributed by atoms with Crippen LogP contribution in [0.5, 0.6) is 0 Å². The van der Waals surface area contributed by atoms with Crippen molar-refractivity contribution >= 4 is 46.5 Å². The molecule has 6 nitrogen and oxygen atoms in total. The number of aryl methyl sites for hydroxylation is 1. The number of para-hydroxylation sites is 2. The third-order valence-corrected chi connectivity index (χ3v) is 5.58. The average Bonchev–Trinajstić information content (AvgIpc) is 3.31. The minimum Gasteiger partial charge on any atom is -0.460 e. The molecule has 0 fully saturated rings. The van der Waals surface area contributed by atoms with Gasteiger partial charge in [-0.2, -0.15) is 5.10 Å². The molecule has 0 atom stereocenters. The Morgan fingerprint density at radius 1 is 1.20 bits per heavy atom. The number of aromatic nitrogens is 2. The van der Waals surface area contributed by atoms with Crippen LogP contribution in [0.15, 0.2) is 75.3 Å². The second-order valence-corrected chi connectivity index (χ2v) is 8.00. The number of rotatable bonds is 7. The lowest BCUT2D eigenvalue weighted by molar-refractivity contribution is -0.118. The fraction of sp³-hybridized carbons (Fsp3) is 0.136. The van der Waals surface area contributed by atoms with Gasteiger partial charge >= 0.3 is 0 Å². The van der Waals surface area contributed by atoms with E-state index in [-0.39, 0.29) is 11.7 Å². The van der Waals surface area contributed by atoms with Crippen LogP contribution in [0, 0.1) is 6.92 Å². The molecule has 8 heteroatoms. The predicted molar refractivity (Wildman–Crippen MR) is 120 cm³/mol. The third-order valence-electron chi connectivity index (χ3n) is 4.35. The maximum atomic E-state index is 12.2. The molecule has 0 spiro atoms. The Morgan fingerprint density at radius 2 is 2.00 bits per heavy atom. The lowest BCUT2D eigenvalue weighted by Gasteiger charge is -2.09. The molecule has 0 saturated carbocycles. The Morgan fingerprint density at radius 3 is 2.77 bits per heavy atom. The minimum atomic E-state index is -0.218. The van der Waals surface area contributed by atoms with Crippen LogP contribution in [0.3, 0.4) is 0 Å². The van der Waals surface area contributed by atoms with Crippen LogP contribution in [0.4, 0.5) is 0 Å². The van der Waals surface area contributed by atoms with Crippen molar-refractivity contribution in [3.63, 3.8) is 0 Å². The molecule has 0 aliphatic carbocycles. The first-order chi connectivity index (χ1) is 14.6. The van der Waals surface area contributed by atoms with Crippen LogP contribution in [0.2, 0.25) is 5.02 Å². The van der Waals surface area contributed by atoms with Crippen molar-refractivity contribution in [3.8, 4) is 0 Å². The van der Waals surface area contributed by atoms with Crippen LogP contribution < -0.4 is 5.43 Å². The maximum Gasteiger partial charge on any atom is 0.250 e. The Bertz CT molecular complexity index is 1200. The largest absolute Gasteiger partial charge is 0.460 e. The number of nitrogens with zero attached hydrogens (tertiary/aromatic N) is 3. The van der Waals surface area contributed by atoms with Gasteiger partial charge in [0.25, 0.3) is 5.91 Å². The first-order valence-corrected chi connectivity index (χ1v) is 10.7. The summed E-state index contributed by atoms with van der Waals surface area (Å²) in [5.74, 6) is 1.35. The van der Waals surface area contributed by atoms with Crippen LogP contribution in [-0.4, -0.2) is 27.4 Å². The summed E-state index contributed by atoms with van der Waals surface area (Å²) >= 11 is 7.37. The number of carbonyl (C=O) groups excluding carboxylic acids is 1. The Kier molecular flexibility index (Phi) is 6.21. The zero-order chi connectivity index (χ0) is 20.9. The minimum absolute atomic E-state index is 0.193. The van der Waals surface area contributed by atoms with Crippen molar-refractivity contribution in [1.82, 2.24) is 15.0 Å². The van der Waals surface area contributed by atoms with Gasteiger partial charge in [0.15, 0.2) is 5.16 Å². The number of amides is 1. The van der Waals surface area contributed by atoms with Gasteiger partial charge in [0.05, 0.1) is 29.5 Å². The van der Waals surface area contributed by atoms with Gasteiger partial charge < -0.3 is 8.98 Å². The number of nitrogens with one attached hydrogen (secondary N) is 1. The molecule has 0 aliphatic heterocycles. The quantitative estimate of drug-likeness (QED) is 0.253. The number of halogens is 1. The summed E-state index contributed by atoms with van der Waals surface area (Å²) in [6.45, 7) is 2.49. The first-order valence-electron chi connectivity index (χ1n) is 9.29. The lowest BCUT2D eigenvalue weighted by Crippen LogP contribution is -2.20. The molecule has 0 radical (unpaired) electrons. The predicted octanol–water partition coefficient (Wildman–Crippen LogP) is 4.88. The molecular weight excluding hydrogens is 420 g/mol. The van der Waals surface area contributed by atoms with E-state index in [1.54, 1.807) is 6.07 Å². The van der Waals surface area contributed by atoms with Gasteiger partial charge in [-0.3, -0.25) is 4.79 Å². The zero-order valence-corrected chi connectivity index (χ0v) is 17.8. The first kappa shape index (κ1) is 20.3. The summed E-state index contributed by atoms with van der Waals surface area (Å²) in [5.41, 5.74) is 5.53. The van der Waals surface area contributed by atoms with Crippen LogP contribution in [0.1, 0.15) is 17.1 Å². The third kappa shape index (κ3) is 4.93. The molecule has 4 aromatic rings. The Balaban J connectivity index is 1.45. The summed E-state index contributed by atoms with van der Waals surface area (Å²) in [5, 5.41) is 5.41. The number of hydrogen-bond donors (Lipinski definition) is 1. The van der Waals surface area contributed by atoms with Crippen molar-refractivity contribution in [2.24, 2.45) is 5.10 Å². The van der Waals surface area contributed by atoms with Gasteiger partial charge in [0, 0.05) is 5.02 Å². The topological polar surface area (TPSA) is 72.4 Å². The van der Waals surface area contributed by atoms with Crippen LogP contribution in [-0.2, 0) is 11.3 Å². The highest BCUT2D eigenvalue weighted by atomic mass is 35.5. The van der Waals surface area contributed by atoms with Crippen molar-refractivity contribution in [2.45, 2.75) is 18.6 Å². The lowest BCUT2D eigenvalue weighted by atomic mass is 10.2. The van der Waals surface area contributed by atoms with E-state index in [1.807, 2.05) is 61.5 Å². The number of carbonyl (C=O) groups is 1. The summed E-state index contributed by atoms with van der Waals surface area (Å²) in [7, 11) is 0. The highest BCUT2D eigenvalue weighted by Gasteiger charge is 2.13. The van der Waals surface area contributed by atoms with E-state index in [9.17, 15) is 4.79 Å². The molecule has 2 aromatic heterocycles. The van der Waals surface area contributed by atoms with Crippen LogP contribution in [0.25, 0.3) is 11.0 Å². The van der Waals surface area contributed by atoms with E-state index in [0.717, 1.165) is 27.5 Å². The van der Waals surface area contributed by atoms with E-state index in [1.165, 1.54) is 18.0 Å². The summed E-state index contributed by atoms with van der Waals surface area (Å²) < 4.78 is 7.48. The number of fused-ring (bicyclic) bond motifs is 1. The zero-order valence-electron chi connectivity index (χ0n) is 16.2. The van der Waals surface area contributed by atoms with E-state index in [4.69, 9.17) is 21.0 Å². The smallest absolute Gasteiger partial charge is 0.250 e. The normalized spacial score (nSPS) is 11.4. The van der Waals surface area contributed by atoms with Gasteiger partial charge in [0.1, 0.15) is 11.5 Å². The van der Waals surface area contributed by atoms with Crippen molar-refractivity contribution in [3.05, 3.63) is 82.8 Å². The van der Waals surface area contributed by atoms with E-state index < -0.39 is 0 Å². The molecule has 0 saturated heterocycles. The van der Waals surface area contributed by atoms with Crippen molar-refractivity contribution < 1.29 is 9.21 Å². The molecule has 4 rings (SSSR count). The standard InChI is InChI=1S/C22H19ClN4O2S/c1-15-6-11-18(29-15)12-24-26-21(28)14-30-22-25-19-4-2-3-5-20(19)27(22)13-16-7-9-17(23)10-8-16/h2-12H,13-14H2,1H3,(H,26,28). The van der Waals surface area contributed by atoms with E-state index >= 15 is 0 Å². The molecule has 30 heavy (non-hydrogen) atoms. The van der Waals surface area contributed by atoms with Gasteiger partial charge in [-0.1, -0.05) is 47.6 Å². The summed E-state index contributed by atoms with van der Waals surface area (Å²) in [4.78, 5) is 16.9. The number of benzene rings is 2. The molecule has 0 aliphatic rings. The SMILES string of the molecule is Cc1ccc(C=NNC(=O)CSc2nc3ccccc3n2Cc2ccc(Cl)cc2)o1. The Labute approximate surface area is 182 Å². The monoisotopic (exact) mass is 438 g/mol. The highest BCUT2D eigenvalue weighted by molar-refractivity contribution is 7.99. The number of hydrogen-bond acceptors (Lipinski definition) is 5. The van der Waals surface area contributed by atoms with Crippen molar-refractivity contribution in [1.29, 1.82) is 0 Å². The summed E-state index contributed by atoms with van der Waals surface area (Å²) in [6, 6.07) is 19.3. The fourth-order valence-corrected chi connectivity index (χ4v) is 3.87. The molecule has 1 N–H and O–H groups in total. The summed E-state index contributed by atoms with van der Waals surface area (Å²) in [6.07, 6.45) is 1.48. The molecular formula is C22H19ClN4O2S. The number of thioether (sulfide) groups is 1. The van der Waals surface area contributed by atoms with Gasteiger partial charge in [0.2, 0.25) is 0 Å². The molecule has 152 valence electrons.